The van der Waals surface area contributed by atoms with Gasteiger partial charge in [0.1, 0.15) is 0 Å². The summed E-state index contributed by atoms with van der Waals surface area (Å²) in [4.78, 5) is 31.8. The van der Waals surface area contributed by atoms with Crippen LogP contribution in [0, 0.1) is 5.92 Å². The highest BCUT2D eigenvalue weighted by Gasteiger charge is 2.29. The molecular formula is C22H21N3O2. The van der Waals surface area contributed by atoms with Gasteiger partial charge in [0.25, 0.3) is 5.91 Å². The quantitative estimate of drug-likeness (QED) is 0.775. The van der Waals surface area contributed by atoms with E-state index in [-0.39, 0.29) is 17.7 Å². The van der Waals surface area contributed by atoms with Crippen molar-refractivity contribution in [1.29, 1.82) is 0 Å². The first kappa shape index (κ1) is 17.2. The van der Waals surface area contributed by atoms with Gasteiger partial charge in [-0.25, -0.2) is 0 Å². The monoisotopic (exact) mass is 359 g/mol. The zero-order chi connectivity index (χ0) is 18.6. The highest BCUT2D eigenvalue weighted by atomic mass is 16.2. The van der Waals surface area contributed by atoms with E-state index in [0.29, 0.717) is 18.7 Å². The van der Waals surface area contributed by atoms with Gasteiger partial charge in [0.15, 0.2) is 0 Å². The number of likely N-dealkylation sites (tertiary alicyclic amines) is 1. The van der Waals surface area contributed by atoms with E-state index in [1.54, 1.807) is 11.1 Å². The molecule has 2 aromatic carbocycles. The maximum atomic E-state index is 13.1. The van der Waals surface area contributed by atoms with Gasteiger partial charge in [-0.05, 0) is 43.2 Å². The molecule has 2 heterocycles. The van der Waals surface area contributed by atoms with Crippen molar-refractivity contribution in [3.8, 4) is 0 Å². The Hall–Kier alpha value is -3.21. The maximum Gasteiger partial charge on any atom is 0.254 e. The molecule has 1 atom stereocenters. The summed E-state index contributed by atoms with van der Waals surface area (Å²) in [5.41, 5.74) is 2.23. The van der Waals surface area contributed by atoms with Crippen LogP contribution in [0.5, 0.6) is 0 Å². The molecule has 1 saturated heterocycles. The third-order valence-electron chi connectivity index (χ3n) is 5.00. The Morgan fingerprint density at radius 2 is 1.85 bits per heavy atom. The SMILES string of the molecule is O=C(Nc1ccccc1)C1CCCN(C(=O)c2cccc3ncccc23)C1. The van der Waals surface area contributed by atoms with Crippen LogP contribution in [-0.2, 0) is 4.79 Å². The number of rotatable bonds is 3. The lowest BCUT2D eigenvalue weighted by atomic mass is 9.96. The van der Waals surface area contributed by atoms with Crippen LogP contribution in [0.25, 0.3) is 10.9 Å². The summed E-state index contributed by atoms with van der Waals surface area (Å²) in [5.74, 6) is -0.264. The molecule has 5 nitrogen and oxygen atoms in total. The first-order valence-electron chi connectivity index (χ1n) is 9.21. The molecular weight excluding hydrogens is 338 g/mol. The van der Waals surface area contributed by atoms with Crippen LogP contribution in [0.15, 0.2) is 66.9 Å². The Morgan fingerprint density at radius 3 is 2.70 bits per heavy atom. The number of aromatic nitrogens is 1. The number of piperidine rings is 1. The second-order valence-electron chi connectivity index (χ2n) is 6.82. The van der Waals surface area contributed by atoms with Crippen LogP contribution in [-0.4, -0.2) is 34.8 Å². The molecule has 1 aromatic heterocycles. The third kappa shape index (κ3) is 3.67. The molecule has 4 rings (SSSR count). The molecule has 27 heavy (non-hydrogen) atoms. The van der Waals surface area contributed by atoms with Crippen LogP contribution < -0.4 is 5.32 Å². The Morgan fingerprint density at radius 1 is 1.00 bits per heavy atom. The number of carbonyl (C=O) groups is 2. The van der Waals surface area contributed by atoms with Crippen molar-refractivity contribution >= 4 is 28.4 Å². The van der Waals surface area contributed by atoms with Gasteiger partial charge in [-0.3, -0.25) is 14.6 Å². The summed E-state index contributed by atoms with van der Waals surface area (Å²) in [6.07, 6.45) is 3.34. The maximum absolute atomic E-state index is 13.1. The molecule has 1 N–H and O–H groups in total. The summed E-state index contributed by atoms with van der Waals surface area (Å²) >= 11 is 0. The molecule has 136 valence electrons. The lowest BCUT2D eigenvalue weighted by Gasteiger charge is -2.32. The lowest BCUT2D eigenvalue weighted by Crippen LogP contribution is -2.43. The van der Waals surface area contributed by atoms with Crippen molar-refractivity contribution in [2.75, 3.05) is 18.4 Å². The number of hydrogen-bond acceptors (Lipinski definition) is 3. The van der Waals surface area contributed by atoms with Crippen molar-refractivity contribution in [2.45, 2.75) is 12.8 Å². The van der Waals surface area contributed by atoms with E-state index < -0.39 is 0 Å². The van der Waals surface area contributed by atoms with E-state index in [9.17, 15) is 9.59 Å². The Kier molecular flexibility index (Phi) is 4.83. The highest BCUT2D eigenvalue weighted by molar-refractivity contribution is 6.06. The number of nitrogens with zero attached hydrogens (tertiary/aromatic N) is 2. The number of benzene rings is 2. The van der Waals surface area contributed by atoms with E-state index in [0.717, 1.165) is 29.4 Å². The molecule has 3 aromatic rings. The summed E-state index contributed by atoms with van der Waals surface area (Å²) in [6, 6.07) is 18.8. The molecule has 1 aliphatic rings. The molecule has 1 aliphatic heterocycles. The van der Waals surface area contributed by atoms with E-state index in [2.05, 4.69) is 10.3 Å². The van der Waals surface area contributed by atoms with E-state index in [4.69, 9.17) is 0 Å². The Bertz CT molecular complexity index is 966. The topological polar surface area (TPSA) is 62.3 Å². The summed E-state index contributed by atoms with van der Waals surface area (Å²) in [6.45, 7) is 1.11. The minimum atomic E-state index is -0.198. The zero-order valence-corrected chi connectivity index (χ0v) is 15.0. The number of para-hydroxylation sites is 1. The van der Waals surface area contributed by atoms with E-state index in [1.165, 1.54) is 0 Å². The largest absolute Gasteiger partial charge is 0.338 e. The van der Waals surface area contributed by atoms with E-state index in [1.807, 2.05) is 60.7 Å². The normalized spacial score (nSPS) is 16.9. The molecule has 0 aliphatic carbocycles. The van der Waals surface area contributed by atoms with Crippen molar-refractivity contribution < 1.29 is 9.59 Å². The second-order valence-corrected chi connectivity index (χ2v) is 6.82. The molecule has 0 bridgehead atoms. The number of anilines is 1. The number of carbonyl (C=O) groups excluding carboxylic acids is 2. The fraction of sp³-hybridized carbons (Fsp3) is 0.227. The Balaban J connectivity index is 1.50. The second kappa shape index (κ2) is 7.58. The van der Waals surface area contributed by atoms with Crippen molar-refractivity contribution in [3.05, 3.63) is 72.4 Å². The summed E-state index contributed by atoms with van der Waals surface area (Å²) in [5, 5.41) is 3.80. The molecule has 2 amide bonds. The van der Waals surface area contributed by atoms with Gasteiger partial charge in [-0.2, -0.15) is 0 Å². The van der Waals surface area contributed by atoms with Crippen molar-refractivity contribution in [3.63, 3.8) is 0 Å². The van der Waals surface area contributed by atoms with Crippen molar-refractivity contribution in [1.82, 2.24) is 9.88 Å². The predicted molar refractivity (Wildman–Crippen MR) is 105 cm³/mol. The van der Waals surface area contributed by atoms with Gasteiger partial charge in [0.2, 0.25) is 5.91 Å². The van der Waals surface area contributed by atoms with Gasteiger partial charge in [-0.1, -0.05) is 30.3 Å². The number of fused-ring (bicyclic) bond motifs is 1. The number of hydrogen-bond donors (Lipinski definition) is 1. The third-order valence-corrected chi connectivity index (χ3v) is 5.00. The number of amides is 2. The Labute approximate surface area is 158 Å². The van der Waals surface area contributed by atoms with Crippen molar-refractivity contribution in [2.24, 2.45) is 5.92 Å². The molecule has 0 saturated carbocycles. The standard InChI is InChI=1S/C22H21N3O2/c26-21(24-17-8-2-1-3-9-17)16-7-6-14-25(15-16)22(27)19-10-4-12-20-18(19)11-5-13-23-20/h1-5,8-13,16H,6-7,14-15H2,(H,24,26). The van der Waals surface area contributed by atoms with Crippen LogP contribution in [0.1, 0.15) is 23.2 Å². The number of pyridine rings is 1. The van der Waals surface area contributed by atoms with Crippen LogP contribution in [0.4, 0.5) is 5.69 Å². The first-order valence-corrected chi connectivity index (χ1v) is 9.21. The number of nitrogens with one attached hydrogen (secondary N) is 1. The fourth-order valence-electron chi connectivity index (χ4n) is 3.60. The first-order chi connectivity index (χ1) is 13.2. The minimum absolute atomic E-state index is 0.0294. The molecule has 1 unspecified atom stereocenters. The van der Waals surface area contributed by atoms with Crippen LogP contribution in [0.2, 0.25) is 0 Å². The summed E-state index contributed by atoms with van der Waals surface area (Å²) in [7, 11) is 0. The van der Waals surface area contributed by atoms with Gasteiger partial charge < -0.3 is 10.2 Å². The van der Waals surface area contributed by atoms with E-state index >= 15 is 0 Å². The smallest absolute Gasteiger partial charge is 0.254 e. The van der Waals surface area contributed by atoms with Gasteiger partial charge in [-0.15, -0.1) is 0 Å². The average Bonchev–Trinajstić information content (AvgIpc) is 2.73. The predicted octanol–water partition coefficient (Wildman–Crippen LogP) is 3.73. The molecule has 5 heteroatoms. The van der Waals surface area contributed by atoms with Gasteiger partial charge in [0.05, 0.1) is 11.4 Å². The van der Waals surface area contributed by atoms with Gasteiger partial charge >= 0.3 is 0 Å². The van der Waals surface area contributed by atoms with Gasteiger partial charge in [0, 0.05) is 35.9 Å². The highest BCUT2D eigenvalue weighted by Crippen LogP contribution is 2.23. The van der Waals surface area contributed by atoms with Crippen LogP contribution >= 0.6 is 0 Å². The minimum Gasteiger partial charge on any atom is -0.338 e. The fourth-order valence-corrected chi connectivity index (χ4v) is 3.60. The summed E-state index contributed by atoms with van der Waals surface area (Å²) < 4.78 is 0. The molecule has 0 radical (unpaired) electrons. The van der Waals surface area contributed by atoms with Crippen LogP contribution in [0.3, 0.4) is 0 Å². The lowest BCUT2D eigenvalue weighted by molar-refractivity contribution is -0.121. The molecule has 0 spiro atoms. The zero-order valence-electron chi connectivity index (χ0n) is 15.0. The average molecular weight is 359 g/mol. The molecule has 1 fully saturated rings.